The van der Waals surface area contributed by atoms with Crippen LogP contribution in [0.4, 0.5) is 4.39 Å². The molecule has 0 aliphatic carbocycles. The van der Waals surface area contributed by atoms with E-state index in [9.17, 15) is 9.18 Å². The van der Waals surface area contributed by atoms with Gasteiger partial charge in [-0.2, -0.15) is 0 Å². The number of hydrogen-bond acceptors (Lipinski definition) is 3. The third-order valence-electron chi connectivity index (χ3n) is 4.57. The number of carbonyl (C=O) groups excluding carboxylic acids is 1. The van der Waals surface area contributed by atoms with Gasteiger partial charge >= 0.3 is 0 Å². The molecule has 5 nitrogen and oxygen atoms in total. The van der Waals surface area contributed by atoms with E-state index < -0.39 is 5.82 Å². The van der Waals surface area contributed by atoms with Crippen molar-refractivity contribution in [2.75, 3.05) is 13.1 Å². The van der Waals surface area contributed by atoms with Crippen LogP contribution in [0.15, 0.2) is 54.7 Å². The summed E-state index contributed by atoms with van der Waals surface area (Å²) in [6.45, 7) is 1.11. The predicted octanol–water partition coefficient (Wildman–Crippen LogP) is 3.82. The zero-order chi connectivity index (χ0) is 18.1. The Kier molecular flexibility index (Phi) is 4.42. The van der Waals surface area contributed by atoms with E-state index in [4.69, 9.17) is 11.6 Å². The molecule has 0 radical (unpaired) electrons. The maximum Gasteiger partial charge on any atom is 0.255 e. The molecular weight excluding hydrogens is 355 g/mol. The van der Waals surface area contributed by atoms with Gasteiger partial charge in [0.05, 0.1) is 22.8 Å². The van der Waals surface area contributed by atoms with E-state index in [-0.39, 0.29) is 17.0 Å². The van der Waals surface area contributed by atoms with Gasteiger partial charge in [0.2, 0.25) is 0 Å². The molecule has 1 amide bonds. The molecule has 26 heavy (non-hydrogen) atoms. The van der Waals surface area contributed by atoms with Gasteiger partial charge < -0.3 is 4.90 Å². The van der Waals surface area contributed by atoms with Crippen molar-refractivity contribution in [3.8, 4) is 11.3 Å². The number of amides is 1. The van der Waals surface area contributed by atoms with Crippen LogP contribution < -0.4 is 0 Å². The highest BCUT2D eigenvalue weighted by Gasteiger charge is 2.30. The number of likely N-dealkylation sites (tertiary alicyclic amines) is 1. The lowest BCUT2D eigenvalue weighted by Gasteiger charge is -2.17. The Bertz CT molecular complexity index is 944. The summed E-state index contributed by atoms with van der Waals surface area (Å²) in [4.78, 5) is 14.4. The van der Waals surface area contributed by atoms with E-state index in [1.165, 1.54) is 12.1 Å². The van der Waals surface area contributed by atoms with E-state index in [1.807, 2.05) is 41.2 Å². The molecule has 4 rings (SSSR count). The van der Waals surface area contributed by atoms with Crippen molar-refractivity contribution in [3.63, 3.8) is 0 Å². The van der Waals surface area contributed by atoms with E-state index in [1.54, 1.807) is 4.90 Å². The van der Waals surface area contributed by atoms with Crippen LogP contribution in [-0.2, 0) is 0 Å². The third kappa shape index (κ3) is 3.20. The van der Waals surface area contributed by atoms with Crippen molar-refractivity contribution in [2.24, 2.45) is 0 Å². The second kappa shape index (κ2) is 6.88. The number of benzene rings is 2. The Balaban J connectivity index is 1.49. The quantitative estimate of drug-likeness (QED) is 0.704. The van der Waals surface area contributed by atoms with Crippen molar-refractivity contribution < 1.29 is 9.18 Å². The van der Waals surface area contributed by atoms with E-state index in [0.717, 1.165) is 23.7 Å². The normalized spacial score (nSPS) is 16.8. The van der Waals surface area contributed by atoms with Gasteiger partial charge in [-0.3, -0.25) is 4.79 Å². The predicted molar refractivity (Wildman–Crippen MR) is 96.4 cm³/mol. The van der Waals surface area contributed by atoms with Gasteiger partial charge in [0.25, 0.3) is 5.91 Å². The average molecular weight is 371 g/mol. The topological polar surface area (TPSA) is 51.0 Å². The minimum atomic E-state index is -0.457. The molecule has 0 bridgehead atoms. The van der Waals surface area contributed by atoms with Crippen LogP contribution in [0.5, 0.6) is 0 Å². The van der Waals surface area contributed by atoms with Gasteiger partial charge in [0, 0.05) is 18.7 Å². The lowest BCUT2D eigenvalue weighted by molar-refractivity contribution is 0.0787. The Hall–Kier alpha value is -2.73. The summed E-state index contributed by atoms with van der Waals surface area (Å²) in [6.07, 6.45) is 2.68. The summed E-state index contributed by atoms with van der Waals surface area (Å²) in [5.41, 5.74) is 2.12. The largest absolute Gasteiger partial charge is 0.336 e. The smallest absolute Gasteiger partial charge is 0.255 e. The summed E-state index contributed by atoms with van der Waals surface area (Å²) in [5.74, 6) is -0.650. The third-order valence-corrected chi connectivity index (χ3v) is 4.88. The molecule has 0 saturated carbocycles. The Morgan fingerprint density at radius 2 is 2.00 bits per heavy atom. The average Bonchev–Trinajstić information content (AvgIpc) is 3.31. The monoisotopic (exact) mass is 370 g/mol. The second-order valence-electron chi connectivity index (χ2n) is 6.27. The van der Waals surface area contributed by atoms with Crippen molar-refractivity contribution in [1.82, 2.24) is 19.9 Å². The van der Waals surface area contributed by atoms with Gasteiger partial charge in [-0.15, -0.1) is 5.10 Å². The Morgan fingerprint density at radius 3 is 2.77 bits per heavy atom. The molecule has 1 aliphatic heterocycles. The number of nitrogens with zero attached hydrogens (tertiary/aromatic N) is 4. The number of rotatable bonds is 3. The molecular formula is C19H16ClFN4O. The standard InChI is InChI=1S/C19H16ClFN4O/c20-17-10-14(21)6-7-16(17)19(26)24-9-8-15(11-24)25-12-18(22-23-25)13-4-2-1-3-5-13/h1-7,10,12,15H,8-9,11H2/t15-/m1/s1. The molecule has 2 heterocycles. The first kappa shape index (κ1) is 16.7. The molecule has 0 N–H and O–H groups in total. The fourth-order valence-corrected chi connectivity index (χ4v) is 3.42. The van der Waals surface area contributed by atoms with Crippen LogP contribution in [0.25, 0.3) is 11.3 Å². The van der Waals surface area contributed by atoms with Crippen molar-refractivity contribution in [3.05, 3.63) is 71.1 Å². The summed E-state index contributed by atoms with van der Waals surface area (Å²) in [7, 11) is 0. The molecule has 7 heteroatoms. The van der Waals surface area contributed by atoms with Crippen LogP contribution in [0.1, 0.15) is 22.8 Å². The summed E-state index contributed by atoms with van der Waals surface area (Å²) in [6, 6.07) is 13.7. The molecule has 1 atom stereocenters. The second-order valence-corrected chi connectivity index (χ2v) is 6.67. The van der Waals surface area contributed by atoms with E-state index in [0.29, 0.717) is 18.7 Å². The van der Waals surface area contributed by atoms with Gasteiger partial charge in [-0.1, -0.05) is 47.1 Å². The number of halogens is 2. The van der Waals surface area contributed by atoms with Crippen molar-refractivity contribution >= 4 is 17.5 Å². The molecule has 1 aromatic heterocycles. The molecule has 132 valence electrons. The van der Waals surface area contributed by atoms with Crippen LogP contribution in [0, 0.1) is 5.82 Å². The first-order chi connectivity index (χ1) is 12.6. The zero-order valence-electron chi connectivity index (χ0n) is 13.8. The van der Waals surface area contributed by atoms with Gasteiger partial charge in [-0.05, 0) is 24.6 Å². The summed E-state index contributed by atoms with van der Waals surface area (Å²) >= 11 is 6.01. The van der Waals surface area contributed by atoms with Gasteiger partial charge in [-0.25, -0.2) is 9.07 Å². The maximum atomic E-state index is 13.2. The molecule has 3 aromatic rings. The number of aromatic nitrogens is 3. The lowest BCUT2D eigenvalue weighted by atomic mass is 10.2. The Labute approximate surface area is 155 Å². The summed E-state index contributed by atoms with van der Waals surface area (Å²) < 4.78 is 15.0. The van der Waals surface area contributed by atoms with E-state index in [2.05, 4.69) is 10.3 Å². The fourth-order valence-electron chi connectivity index (χ4n) is 3.17. The van der Waals surface area contributed by atoms with Crippen molar-refractivity contribution in [2.45, 2.75) is 12.5 Å². The zero-order valence-corrected chi connectivity index (χ0v) is 14.6. The molecule has 2 aromatic carbocycles. The van der Waals surface area contributed by atoms with Crippen LogP contribution in [0.2, 0.25) is 5.02 Å². The fraction of sp³-hybridized carbons (Fsp3) is 0.211. The first-order valence-electron chi connectivity index (χ1n) is 8.33. The molecule has 1 aliphatic rings. The first-order valence-corrected chi connectivity index (χ1v) is 8.71. The molecule has 0 unspecified atom stereocenters. The highest BCUT2D eigenvalue weighted by Crippen LogP contribution is 2.26. The van der Waals surface area contributed by atoms with Gasteiger partial charge in [0.1, 0.15) is 11.5 Å². The highest BCUT2D eigenvalue weighted by molar-refractivity contribution is 6.33. The number of hydrogen-bond donors (Lipinski definition) is 0. The van der Waals surface area contributed by atoms with Crippen LogP contribution >= 0.6 is 11.6 Å². The lowest BCUT2D eigenvalue weighted by Crippen LogP contribution is -2.29. The molecule has 0 spiro atoms. The minimum Gasteiger partial charge on any atom is -0.336 e. The molecule has 1 saturated heterocycles. The SMILES string of the molecule is O=C(c1ccc(F)cc1Cl)N1CC[C@@H](n2cc(-c3ccccc3)nn2)C1. The van der Waals surface area contributed by atoms with Crippen molar-refractivity contribution in [1.29, 1.82) is 0 Å². The molecule has 1 fully saturated rings. The number of carbonyl (C=O) groups is 1. The van der Waals surface area contributed by atoms with Crippen LogP contribution in [-0.4, -0.2) is 38.9 Å². The maximum absolute atomic E-state index is 13.2. The Morgan fingerprint density at radius 1 is 1.19 bits per heavy atom. The van der Waals surface area contributed by atoms with E-state index >= 15 is 0 Å². The van der Waals surface area contributed by atoms with Gasteiger partial charge in [0.15, 0.2) is 0 Å². The summed E-state index contributed by atoms with van der Waals surface area (Å²) in [5, 5.41) is 8.58. The minimum absolute atomic E-state index is 0.0585. The van der Waals surface area contributed by atoms with Crippen LogP contribution in [0.3, 0.4) is 0 Å². The highest BCUT2D eigenvalue weighted by atomic mass is 35.5.